The fraction of sp³-hybridized carbons (Fsp3) is 0.278. The molecule has 3 heterocycles. The van der Waals surface area contributed by atoms with Gasteiger partial charge in [-0.2, -0.15) is 4.98 Å². The molecule has 0 bridgehead atoms. The van der Waals surface area contributed by atoms with Crippen molar-refractivity contribution >= 4 is 15.9 Å². The lowest BCUT2D eigenvalue weighted by Crippen LogP contribution is -2.48. The van der Waals surface area contributed by atoms with Gasteiger partial charge in [0.25, 0.3) is 5.91 Å². The van der Waals surface area contributed by atoms with Gasteiger partial charge in [-0.25, -0.2) is 22.7 Å². The molecule has 1 aromatic carbocycles. The molecule has 0 saturated carbocycles. The largest absolute Gasteiger partial charge is 0.338 e. The van der Waals surface area contributed by atoms with Crippen molar-refractivity contribution in [1.29, 1.82) is 0 Å². The van der Waals surface area contributed by atoms with Gasteiger partial charge in [0.2, 0.25) is 27.6 Å². The molecule has 0 N–H and O–H groups in total. The Balaban J connectivity index is 1.40. The summed E-state index contributed by atoms with van der Waals surface area (Å²) in [7, 11) is -0.606. The van der Waals surface area contributed by atoms with Gasteiger partial charge >= 0.3 is 0 Å². The lowest BCUT2D eigenvalue weighted by atomic mass is 9.99. The van der Waals surface area contributed by atoms with Crippen LogP contribution in [0.4, 0.5) is 0 Å². The van der Waals surface area contributed by atoms with E-state index in [0.717, 1.165) is 4.31 Å². The molecule has 0 radical (unpaired) electrons. The van der Waals surface area contributed by atoms with Crippen molar-refractivity contribution in [2.45, 2.75) is 10.8 Å². The van der Waals surface area contributed by atoms with E-state index in [1.165, 1.54) is 38.4 Å². The van der Waals surface area contributed by atoms with Crippen molar-refractivity contribution in [3.05, 3.63) is 54.2 Å². The second kappa shape index (κ2) is 7.33. The van der Waals surface area contributed by atoms with Crippen molar-refractivity contribution in [2.24, 2.45) is 0 Å². The molecule has 0 unspecified atom stereocenters. The van der Waals surface area contributed by atoms with Crippen LogP contribution >= 0.6 is 0 Å². The normalized spacial score (nSPS) is 14.8. The third kappa shape index (κ3) is 3.61. The Hall–Kier alpha value is -3.18. The molecule has 1 aliphatic rings. The zero-order valence-corrected chi connectivity index (χ0v) is 16.6. The van der Waals surface area contributed by atoms with Gasteiger partial charge in [-0.15, -0.1) is 0 Å². The Labute approximate surface area is 167 Å². The molecule has 0 atom stereocenters. The molecule has 2 aromatic heterocycles. The standard InChI is InChI=1S/C18H18N6O4S/c1-23(2)29(26,27)14-6-4-12(5-7-14)18(25)24-10-13(11-24)17-21-16(22-28-17)15-19-8-3-9-20-15/h3-9,13H,10-11H2,1-2H3. The minimum Gasteiger partial charge on any atom is -0.338 e. The van der Waals surface area contributed by atoms with Crippen LogP contribution in [0.5, 0.6) is 0 Å². The maximum atomic E-state index is 12.6. The number of likely N-dealkylation sites (tertiary alicyclic amines) is 1. The summed E-state index contributed by atoms with van der Waals surface area (Å²) in [4.78, 5) is 26.9. The molecule has 0 spiro atoms. The van der Waals surface area contributed by atoms with Gasteiger partial charge < -0.3 is 9.42 Å². The summed E-state index contributed by atoms with van der Waals surface area (Å²) in [5.41, 5.74) is 0.421. The molecule has 29 heavy (non-hydrogen) atoms. The van der Waals surface area contributed by atoms with Crippen LogP contribution in [0.1, 0.15) is 22.2 Å². The van der Waals surface area contributed by atoms with Crippen LogP contribution in [0.2, 0.25) is 0 Å². The molecule has 150 valence electrons. The predicted octanol–water partition coefficient (Wildman–Crippen LogP) is 1.02. The molecule has 1 saturated heterocycles. The van der Waals surface area contributed by atoms with Gasteiger partial charge in [-0.3, -0.25) is 4.79 Å². The lowest BCUT2D eigenvalue weighted by Gasteiger charge is -2.37. The zero-order valence-electron chi connectivity index (χ0n) is 15.8. The first kappa shape index (κ1) is 19.2. The number of rotatable bonds is 5. The van der Waals surface area contributed by atoms with E-state index in [-0.39, 0.29) is 16.7 Å². The third-order valence-electron chi connectivity index (χ3n) is 4.61. The average molecular weight is 414 g/mol. The van der Waals surface area contributed by atoms with E-state index < -0.39 is 10.0 Å². The minimum atomic E-state index is -3.53. The minimum absolute atomic E-state index is 0.0581. The third-order valence-corrected chi connectivity index (χ3v) is 6.43. The molecule has 11 heteroatoms. The van der Waals surface area contributed by atoms with E-state index >= 15 is 0 Å². The van der Waals surface area contributed by atoms with Crippen LogP contribution in [0.3, 0.4) is 0 Å². The maximum absolute atomic E-state index is 12.6. The summed E-state index contributed by atoms with van der Waals surface area (Å²) in [6, 6.07) is 7.60. The SMILES string of the molecule is CN(C)S(=O)(=O)c1ccc(C(=O)N2CC(c3nc(-c4ncccn4)no3)C2)cc1. The summed E-state index contributed by atoms with van der Waals surface area (Å²) < 4.78 is 30.6. The molecule has 1 amide bonds. The molecule has 1 fully saturated rings. The highest BCUT2D eigenvalue weighted by Gasteiger charge is 2.36. The highest BCUT2D eigenvalue weighted by molar-refractivity contribution is 7.89. The Morgan fingerprint density at radius 2 is 1.76 bits per heavy atom. The van der Waals surface area contributed by atoms with Crippen molar-refractivity contribution < 1.29 is 17.7 Å². The fourth-order valence-electron chi connectivity index (χ4n) is 2.87. The van der Waals surface area contributed by atoms with Gasteiger partial charge in [0.15, 0.2) is 0 Å². The summed E-state index contributed by atoms with van der Waals surface area (Å²) in [6.07, 6.45) is 3.19. The smallest absolute Gasteiger partial charge is 0.253 e. The van der Waals surface area contributed by atoms with Crippen LogP contribution < -0.4 is 0 Å². The number of carbonyl (C=O) groups excluding carboxylic acids is 1. The van der Waals surface area contributed by atoms with Gasteiger partial charge in [-0.1, -0.05) is 5.16 Å². The van der Waals surface area contributed by atoms with E-state index in [1.807, 2.05) is 0 Å². The number of sulfonamides is 1. The highest BCUT2D eigenvalue weighted by atomic mass is 32.2. The first-order valence-electron chi connectivity index (χ1n) is 8.79. The number of carbonyl (C=O) groups is 1. The fourth-order valence-corrected chi connectivity index (χ4v) is 3.77. The van der Waals surface area contributed by atoms with Crippen molar-refractivity contribution in [2.75, 3.05) is 27.2 Å². The van der Waals surface area contributed by atoms with Gasteiger partial charge in [0.05, 0.1) is 10.8 Å². The Kier molecular flexibility index (Phi) is 4.84. The number of amides is 1. The van der Waals surface area contributed by atoms with Crippen LogP contribution in [-0.4, -0.2) is 70.8 Å². The van der Waals surface area contributed by atoms with Gasteiger partial charge in [0.1, 0.15) is 0 Å². The second-order valence-electron chi connectivity index (χ2n) is 6.75. The summed E-state index contributed by atoms with van der Waals surface area (Å²) >= 11 is 0. The number of aromatic nitrogens is 4. The van der Waals surface area contributed by atoms with E-state index in [4.69, 9.17) is 4.52 Å². The Morgan fingerprint density at radius 1 is 1.10 bits per heavy atom. The van der Waals surface area contributed by atoms with E-state index in [2.05, 4.69) is 20.1 Å². The zero-order chi connectivity index (χ0) is 20.6. The molecule has 10 nitrogen and oxygen atoms in total. The van der Waals surface area contributed by atoms with E-state index in [9.17, 15) is 13.2 Å². The summed E-state index contributed by atoms with van der Waals surface area (Å²) in [5.74, 6) is 0.882. The number of nitrogens with zero attached hydrogens (tertiary/aromatic N) is 6. The van der Waals surface area contributed by atoms with E-state index in [0.29, 0.717) is 36.2 Å². The predicted molar refractivity (Wildman–Crippen MR) is 101 cm³/mol. The van der Waals surface area contributed by atoms with Crippen molar-refractivity contribution in [3.8, 4) is 11.6 Å². The topological polar surface area (TPSA) is 122 Å². The van der Waals surface area contributed by atoms with Crippen molar-refractivity contribution in [1.82, 2.24) is 29.3 Å². The Morgan fingerprint density at radius 3 is 2.38 bits per heavy atom. The highest BCUT2D eigenvalue weighted by Crippen LogP contribution is 2.28. The number of hydrogen-bond acceptors (Lipinski definition) is 8. The quantitative estimate of drug-likeness (QED) is 0.606. The van der Waals surface area contributed by atoms with Crippen molar-refractivity contribution in [3.63, 3.8) is 0 Å². The number of benzene rings is 1. The van der Waals surface area contributed by atoms with Gasteiger partial charge in [-0.05, 0) is 30.3 Å². The summed E-state index contributed by atoms with van der Waals surface area (Å²) in [5, 5.41) is 3.89. The maximum Gasteiger partial charge on any atom is 0.253 e. The van der Waals surface area contributed by atoms with Crippen LogP contribution in [-0.2, 0) is 10.0 Å². The first-order chi connectivity index (χ1) is 13.9. The van der Waals surface area contributed by atoms with Crippen LogP contribution in [0.15, 0.2) is 52.1 Å². The lowest BCUT2D eigenvalue weighted by molar-refractivity contribution is 0.0569. The van der Waals surface area contributed by atoms with Gasteiger partial charge in [0, 0.05) is 45.1 Å². The van der Waals surface area contributed by atoms with E-state index in [1.54, 1.807) is 23.4 Å². The molecule has 4 rings (SSSR count). The molecule has 3 aromatic rings. The van der Waals surface area contributed by atoms with Crippen LogP contribution in [0, 0.1) is 0 Å². The Bertz CT molecular complexity index is 1120. The number of hydrogen-bond donors (Lipinski definition) is 0. The first-order valence-corrected chi connectivity index (χ1v) is 10.2. The van der Waals surface area contributed by atoms with Crippen LogP contribution in [0.25, 0.3) is 11.6 Å². The molecule has 0 aliphatic carbocycles. The molecular weight excluding hydrogens is 396 g/mol. The summed E-state index contributed by atoms with van der Waals surface area (Å²) in [6.45, 7) is 0.877. The molecular formula is C18H18N6O4S. The second-order valence-corrected chi connectivity index (χ2v) is 8.90. The molecule has 1 aliphatic heterocycles. The average Bonchev–Trinajstić information content (AvgIpc) is 3.17. The monoisotopic (exact) mass is 414 g/mol.